The fraction of sp³-hybridized carbons (Fsp3) is 0.818. The molecule has 0 saturated heterocycles. The van der Waals surface area contributed by atoms with Gasteiger partial charge in [-0.3, -0.25) is 0 Å². The van der Waals surface area contributed by atoms with Crippen LogP contribution >= 0.6 is 0 Å². The second-order valence-corrected chi connectivity index (χ2v) is 3.76. The van der Waals surface area contributed by atoms with Crippen molar-refractivity contribution < 1.29 is 9.47 Å². The minimum absolute atomic E-state index is 0.155. The van der Waals surface area contributed by atoms with Crippen LogP contribution in [0, 0.1) is 5.92 Å². The molecule has 1 atom stereocenters. The van der Waals surface area contributed by atoms with Crippen LogP contribution in [0.15, 0.2) is 11.3 Å². The molecule has 78 valence electrons. The fourth-order valence-electron chi connectivity index (χ4n) is 1.31. The topological polar surface area (TPSA) is 18.5 Å². The van der Waals surface area contributed by atoms with E-state index in [1.54, 1.807) is 14.2 Å². The molecule has 0 radical (unpaired) electrons. The van der Waals surface area contributed by atoms with Gasteiger partial charge in [0, 0.05) is 7.11 Å². The zero-order valence-electron chi connectivity index (χ0n) is 9.68. The van der Waals surface area contributed by atoms with Gasteiger partial charge >= 0.3 is 0 Å². The lowest BCUT2D eigenvalue weighted by atomic mass is 9.98. The van der Waals surface area contributed by atoms with E-state index in [0.717, 1.165) is 12.2 Å². The van der Waals surface area contributed by atoms with Crippen molar-refractivity contribution in [2.45, 2.75) is 40.2 Å². The highest BCUT2D eigenvalue weighted by Crippen LogP contribution is 2.20. The summed E-state index contributed by atoms with van der Waals surface area (Å²) in [7, 11) is 3.44. The Bertz CT molecular complexity index is 171. The summed E-state index contributed by atoms with van der Waals surface area (Å²) in [5, 5.41) is 0. The monoisotopic (exact) mass is 186 g/mol. The van der Waals surface area contributed by atoms with Gasteiger partial charge in [-0.25, -0.2) is 0 Å². The predicted molar refractivity (Wildman–Crippen MR) is 55.6 cm³/mol. The molecule has 0 aromatic heterocycles. The van der Waals surface area contributed by atoms with Crippen molar-refractivity contribution in [3.63, 3.8) is 0 Å². The lowest BCUT2D eigenvalue weighted by molar-refractivity contribution is 0.134. The zero-order chi connectivity index (χ0) is 10.4. The molecule has 0 aliphatic carbocycles. The van der Waals surface area contributed by atoms with E-state index in [1.807, 2.05) is 6.92 Å². The van der Waals surface area contributed by atoms with Crippen molar-refractivity contribution in [2.24, 2.45) is 5.92 Å². The van der Waals surface area contributed by atoms with Crippen molar-refractivity contribution in [3.8, 4) is 0 Å². The summed E-state index contributed by atoms with van der Waals surface area (Å²) in [6.45, 7) is 8.45. The van der Waals surface area contributed by atoms with Gasteiger partial charge in [-0.15, -0.1) is 0 Å². The number of allylic oxidation sites excluding steroid dienone is 1. The van der Waals surface area contributed by atoms with Crippen LogP contribution in [0.2, 0.25) is 0 Å². The van der Waals surface area contributed by atoms with Crippen molar-refractivity contribution in [1.82, 2.24) is 0 Å². The molecular weight excluding hydrogens is 164 g/mol. The van der Waals surface area contributed by atoms with Gasteiger partial charge in [0.15, 0.2) is 0 Å². The third-order valence-corrected chi connectivity index (χ3v) is 2.23. The van der Waals surface area contributed by atoms with Gasteiger partial charge in [0.25, 0.3) is 0 Å². The molecule has 13 heavy (non-hydrogen) atoms. The molecule has 0 bridgehead atoms. The highest BCUT2D eigenvalue weighted by Gasteiger charge is 2.13. The fourth-order valence-corrected chi connectivity index (χ4v) is 1.31. The average molecular weight is 186 g/mol. The van der Waals surface area contributed by atoms with Gasteiger partial charge in [-0.2, -0.15) is 0 Å². The maximum atomic E-state index is 5.30. The van der Waals surface area contributed by atoms with E-state index in [9.17, 15) is 0 Å². The van der Waals surface area contributed by atoms with E-state index in [0.29, 0.717) is 5.92 Å². The van der Waals surface area contributed by atoms with Crippen LogP contribution in [0.4, 0.5) is 0 Å². The molecule has 0 aliphatic rings. The van der Waals surface area contributed by atoms with Gasteiger partial charge < -0.3 is 9.47 Å². The molecule has 0 fully saturated rings. The van der Waals surface area contributed by atoms with E-state index in [2.05, 4.69) is 20.8 Å². The summed E-state index contributed by atoms with van der Waals surface area (Å²) in [4.78, 5) is 0. The Morgan fingerprint density at radius 3 is 2.00 bits per heavy atom. The Labute approximate surface area is 81.9 Å². The second kappa shape index (κ2) is 6.03. The van der Waals surface area contributed by atoms with Crippen LogP contribution in [0.5, 0.6) is 0 Å². The van der Waals surface area contributed by atoms with Gasteiger partial charge in [-0.05, 0) is 31.8 Å². The van der Waals surface area contributed by atoms with E-state index in [4.69, 9.17) is 9.47 Å². The maximum absolute atomic E-state index is 5.30. The number of methoxy groups -OCH3 is 2. The van der Waals surface area contributed by atoms with Crippen LogP contribution in [0.1, 0.15) is 34.1 Å². The molecular formula is C11H22O2. The SMILES string of the molecule is COC(C)=C(CC(C)C)C(C)OC. The maximum Gasteiger partial charge on any atom is 0.0942 e. The van der Waals surface area contributed by atoms with E-state index < -0.39 is 0 Å². The standard InChI is InChI=1S/C11H22O2/c1-8(2)7-11(9(3)12-5)10(4)13-6/h8-9H,7H2,1-6H3. The molecule has 0 amide bonds. The smallest absolute Gasteiger partial charge is 0.0942 e. The van der Waals surface area contributed by atoms with E-state index >= 15 is 0 Å². The predicted octanol–water partition coefficient (Wildman–Crippen LogP) is 2.99. The van der Waals surface area contributed by atoms with Crippen molar-refractivity contribution in [1.29, 1.82) is 0 Å². The first-order chi connectivity index (χ1) is 6.02. The van der Waals surface area contributed by atoms with Crippen LogP contribution < -0.4 is 0 Å². The number of ether oxygens (including phenoxy) is 2. The van der Waals surface area contributed by atoms with Crippen molar-refractivity contribution in [3.05, 3.63) is 11.3 Å². The van der Waals surface area contributed by atoms with Crippen LogP contribution in [0.3, 0.4) is 0 Å². The molecule has 0 spiro atoms. The Morgan fingerprint density at radius 2 is 1.69 bits per heavy atom. The van der Waals surface area contributed by atoms with Crippen LogP contribution in [-0.2, 0) is 9.47 Å². The van der Waals surface area contributed by atoms with Gasteiger partial charge in [0.1, 0.15) is 0 Å². The molecule has 1 unspecified atom stereocenters. The molecule has 0 N–H and O–H groups in total. The van der Waals surface area contributed by atoms with Gasteiger partial charge in [0.2, 0.25) is 0 Å². The van der Waals surface area contributed by atoms with Crippen LogP contribution in [0.25, 0.3) is 0 Å². The molecule has 2 heteroatoms. The Hall–Kier alpha value is -0.500. The second-order valence-electron chi connectivity index (χ2n) is 3.76. The first-order valence-electron chi connectivity index (χ1n) is 4.79. The highest BCUT2D eigenvalue weighted by molar-refractivity contribution is 5.11. The van der Waals surface area contributed by atoms with Crippen LogP contribution in [-0.4, -0.2) is 20.3 Å². The third kappa shape index (κ3) is 4.32. The Kier molecular flexibility index (Phi) is 5.80. The molecule has 0 saturated carbocycles. The normalized spacial score (nSPS) is 15.6. The molecule has 2 nitrogen and oxygen atoms in total. The molecule has 0 aromatic rings. The first kappa shape index (κ1) is 12.5. The van der Waals surface area contributed by atoms with E-state index in [-0.39, 0.29) is 6.10 Å². The highest BCUT2D eigenvalue weighted by atomic mass is 16.5. The molecule has 0 aliphatic heterocycles. The lowest BCUT2D eigenvalue weighted by Gasteiger charge is -2.19. The minimum atomic E-state index is 0.155. The summed E-state index contributed by atoms with van der Waals surface area (Å²) < 4.78 is 10.5. The Balaban J connectivity index is 4.54. The summed E-state index contributed by atoms with van der Waals surface area (Å²) in [6.07, 6.45) is 1.19. The molecule has 0 heterocycles. The number of hydrogen-bond acceptors (Lipinski definition) is 2. The average Bonchev–Trinajstić information content (AvgIpc) is 2.11. The summed E-state index contributed by atoms with van der Waals surface area (Å²) in [5.41, 5.74) is 1.26. The summed E-state index contributed by atoms with van der Waals surface area (Å²) in [6, 6.07) is 0. The molecule has 0 aromatic carbocycles. The number of rotatable bonds is 5. The third-order valence-electron chi connectivity index (χ3n) is 2.23. The quantitative estimate of drug-likeness (QED) is 0.614. The largest absolute Gasteiger partial charge is 0.501 e. The Morgan fingerprint density at radius 1 is 1.15 bits per heavy atom. The number of hydrogen-bond donors (Lipinski definition) is 0. The minimum Gasteiger partial charge on any atom is -0.501 e. The molecule has 0 rings (SSSR count). The zero-order valence-corrected chi connectivity index (χ0v) is 9.68. The van der Waals surface area contributed by atoms with Crippen molar-refractivity contribution >= 4 is 0 Å². The lowest BCUT2D eigenvalue weighted by Crippen LogP contribution is -2.13. The van der Waals surface area contributed by atoms with E-state index in [1.165, 1.54) is 5.57 Å². The van der Waals surface area contributed by atoms with Gasteiger partial charge in [0.05, 0.1) is 19.0 Å². The van der Waals surface area contributed by atoms with Crippen molar-refractivity contribution in [2.75, 3.05) is 14.2 Å². The summed E-state index contributed by atoms with van der Waals surface area (Å²) >= 11 is 0. The summed E-state index contributed by atoms with van der Waals surface area (Å²) in [5.74, 6) is 1.63. The first-order valence-corrected chi connectivity index (χ1v) is 4.79. The van der Waals surface area contributed by atoms with Gasteiger partial charge in [-0.1, -0.05) is 13.8 Å².